The van der Waals surface area contributed by atoms with Crippen LogP contribution >= 0.6 is 15.6 Å². The molecule has 0 aliphatic rings. The molecule has 0 saturated heterocycles. The highest BCUT2D eigenvalue weighted by Gasteiger charge is 2.30. The molecule has 0 spiro atoms. The summed E-state index contributed by atoms with van der Waals surface area (Å²) in [5.74, 6) is -2.51. The topological polar surface area (TPSA) is 237 Å². The first-order chi connectivity index (χ1) is 55.7. The second kappa shape index (κ2) is 83.8. The number of hydrogen-bond donors (Lipinski definition) is 3. The van der Waals surface area contributed by atoms with Crippen LogP contribution in [0, 0.1) is 0 Å². The van der Waals surface area contributed by atoms with Crippen molar-refractivity contribution in [1.29, 1.82) is 0 Å². The molecule has 638 valence electrons. The summed E-state index contributed by atoms with van der Waals surface area (Å²) in [6.07, 6.45) is 110. The van der Waals surface area contributed by atoms with E-state index < -0.39 is 97.5 Å². The van der Waals surface area contributed by atoms with E-state index in [1.807, 2.05) is 48.6 Å². The van der Waals surface area contributed by atoms with Gasteiger partial charge in [-0.1, -0.05) is 303 Å². The molecule has 0 aromatic rings. The second-order valence-electron chi connectivity index (χ2n) is 26.9. The fraction of sp³-hybridized carbons (Fsp3) is 0.537. The molecule has 0 aliphatic heterocycles. The van der Waals surface area contributed by atoms with E-state index in [9.17, 15) is 43.2 Å². The maximum absolute atomic E-state index is 13.1. The molecule has 0 fully saturated rings. The Hall–Kier alpha value is -7.14. The van der Waals surface area contributed by atoms with Crippen molar-refractivity contribution in [3.63, 3.8) is 0 Å². The molecule has 0 radical (unpaired) electrons. The number of unbranched alkanes of at least 4 members (excludes halogenated alkanes) is 10. The summed E-state index contributed by atoms with van der Waals surface area (Å²) in [7, 11) is -10.1. The van der Waals surface area contributed by atoms with Gasteiger partial charge in [0, 0.05) is 25.7 Å². The summed E-state index contributed by atoms with van der Waals surface area (Å²) in [6, 6.07) is 0. The molecule has 0 saturated carbocycles. The van der Waals surface area contributed by atoms with E-state index in [-0.39, 0.29) is 25.7 Å². The van der Waals surface area contributed by atoms with E-state index >= 15 is 0 Å². The number of rotatable bonds is 76. The average Bonchev–Trinajstić information content (AvgIpc) is 0.899. The zero-order chi connectivity index (χ0) is 83.1. The highest BCUT2D eigenvalue weighted by Crippen LogP contribution is 2.45. The third-order valence-corrected chi connectivity index (χ3v) is 18.2. The number of aliphatic hydroxyl groups is 1. The van der Waals surface area contributed by atoms with Crippen molar-refractivity contribution < 1.29 is 80.2 Å². The number of phosphoric acid groups is 2. The van der Waals surface area contributed by atoms with Crippen LogP contribution in [0.5, 0.6) is 0 Å². The van der Waals surface area contributed by atoms with Crippen LogP contribution in [0.2, 0.25) is 0 Å². The van der Waals surface area contributed by atoms with Gasteiger partial charge in [-0.25, -0.2) is 9.13 Å². The van der Waals surface area contributed by atoms with Gasteiger partial charge in [0.2, 0.25) is 0 Å². The Labute approximate surface area is 688 Å². The van der Waals surface area contributed by atoms with Gasteiger partial charge in [-0.05, 0) is 186 Å². The number of aliphatic hydroxyl groups excluding tert-OH is 1. The Morgan fingerprint density at radius 1 is 0.254 bits per heavy atom. The number of allylic oxidation sites excluding steroid dienone is 40. The Morgan fingerprint density at radius 3 is 0.781 bits per heavy atom. The van der Waals surface area contributed by atoms with Crippen molar-refractivity contribution >= 4 is 39.5 Å². The van der Waals surface area contributed by atoms with E-state index in [0.717, 1.165) is 135 Å². The molecule has 0 aromatic carbocycles. The summed E-state index contributed by atoms with van der Waals surface area (Å²) in [6.45, 7) is 4.28. The van der Waals surface area contributed by atoms with E-state index in [2.05, 4.69) is 222 Å². The molecule has 2 unspecified atom stereocenters. The maximum Gasteiger partial charge on any atom is 0.472 e. The molecule has 19 heteroatoms. The van der Waals surface area contributed by atoms with Gasteiger partial charge in [0.15, 0.2) is 12.2 Å². The molecular formula is C95H146O17P2. The molecule has 3 N–H and O–H groups in total. The van der Waals surface area contributed by atoms with Gasteiger partial charge >= 0.3 is 39.5 Å². The SMILES string of the molecule is CC/C=C\C/C=C\C/C=C\C/C=C\C/C=C\C/C=C\CCC(=O)OC[C@H](COP(=O)(O)OC[C@@H](O)COP(=O)(O)OC[C@@H](COC(=O)CCCCC/C=C\C/C=C\C/C=C\C/C=C\C/C=C\CC)OC(=O)CC/C=C\C/C=C\C/C=C\C/C=C\C/C=C\CCCCC)OC(=O)CCC/C=C\C/C=C\C/C=C\C/C=C\CCCCC. The molecule has 0 amide bonds. The second-order valence-corrected chi connectivity index (χ2v) is 29.8. The van der Waals surface area contributed by atoms with Crippen LogP contribution in [0.15, 0.2) is 243 Å². The van der Waals surface area contributed by atoms with Crippen LogP contribution in [-0.2, 0) is 65.4 Å². The predicted molar refractivity (Wildman–Crippen MR) is 472 cm³/mol. The molecular weight excluding hydrogens is 1470 g/mol. The monoisotopic (exact) mass is 1620 g/mol. The first kappa shape index (κ1) is 107. The van der Waals surface area contributed by atoms with E-state index in [4.69, 9.17) is 37.0 Å². The van der Waals surface area contributed by atoms with Gasteiger partial charge in [-0.15, -0.1) is 0 Å². The van der Waals surface area contributed by atoms with Crippen molar-refractivity contribution in [1.82, 2.24) is 0 Å². The minimum Gasteiger partial charge on any atom is -0.462 e. The molecule has 0 aliphatic carbocycles. The summed E-state index contributed by atoms with van der Waals surface area (Å²) in [4.78, 5) is 73.2. The van der Waals surface area contributed by atoms with Gasteiger partial charge in [0.1, 0.15) is 19.3 Å². The fourth-order valence-electron chi connectivity index (χ4n) is 9.95. The zero-order valence-corrected chi connectivity index (χ0v) is 71.7. The summed E-state index contributed by atoms with van der Waals surface area (Å²) < 4.78 is 68.5. The minimum atomic E-state index is -5.04. The third kappa shape index (κ3) is 82.8. The Bertz CT molecular complexity index is 3120. The molecule has 0 bridgehead atoms. The lowest BCUT2D eigenvalue weighted by Gasteiger charge is -2.21. The number of esters is 4. The van der Waals surface area contributed by atoms with Crippen LogP contribution in [-0.4, -0.2) is 96.7 Å². The van der Waals surface area contributed by atoms with Crippen LogP contribution in [0.3, 0.4) is 0 Å². The van der Waals surface area contributed by atoms with Crippen molar-refractivity contribution in [3.05, 3.63) is 243 Å². The lowest BCUT2D eigenvalue weighted by atomic mass is 10.1. The summed E-state index contributed by atoms with van der Waals surface area (Å²) >= 11 is 0. The average molecular weight is 1620 g/mol. The smallest absolute Gasteiger partial charge is 0.462 e. The molecule has 0 rings (SSSR count). The zero-order valence-electron chi connectivity index (χ0n) is 69.9. The highest BCUT2D eigenvalue weighted by molar-refractivity contribution is 7.47. The van der Waals surface area contributed by atoms with E-state index in [0.29, 0.717) is 44.9 Å². The lowest BCUT2D eigenvalue weighted by molar-refractivity contribution is -0.161. The third-order valence-electron chi connectivity index (χ3n) is 16.3. The van der Waals surface area contributed by atoms with Gasteiger partial charge in [0.05, 0.1) is 26.4 Å². The largest absolute Gasteiger partial charge is 0.472 e. The van der Waals surface area contributed by atoms with E-state index in [1.54, 1.807) is 0 Å². The Morgan fingerprint density at radius 2 is 0.482 bits per heavy atom. The van der Waals surface area contributed by atoms with Crippen molar-refractivity contribution in [2.24, 2.45) is 0 Å². The van der Waals surface area contributed by atoms with Crippen molar-refractivity contribution in [2.75, 3.05) is 39.6 Å². The van der Waals surface area contributed by atoms with E-state index in [1.165, 1.54) is 38.5 Å². The molecule has 5 atom stereocenters. The minimum absolute atomic E-state index is 0.0108. The van der Waals surface area contributed by atoms with Crippen LogP contribution in [0.1, 0.15) is 272 Å². The van der Waals surface area contributed by atoms with Crippen molar-refractivity contribution in [2.45, 2.75) is 290 Å². The number of hydrogen-bond acceptors (Lipinski definition) is 15. The van der Waals surface area contributed by atoms with Gasteiger partial charge in [-0.3, -0.25) is 37.3 Å². The normalized spacial score (nSPS) is 15.0. The molecule has 114 heavy (non-hydrogen) atoms. The van der Waals surface area contributed by atoms with Gasteiger partial charge in [0.25, 0.3) is 0 Å². The van der Waals surface area contributed by atoms with Crippen LogP contribution in [0.25, 0.3) is 0 Å². The van der Waals surface area contributed by atoms with Crippen LogP contribution in [0.4, 0.5) is 0 Å². The van der Waals surface area contributed by atoms with Crippen molar-refractivity contribution in [3.8, 4) is 0 Å². The standard InChI is InChI=1S/C95H146O17P2/c1-5-9-13-17-21-25-29-33-37-41-44-48-51-55-59-63-67-71-75-79-92(97)105-85-90(111-94(99)81-77-73-69-65-61-57-53-47-40-36-32-28-24-20-16-12-8-4)87-109-113(101,102)107-83-89(96)84-108-114(103,104)110-88-91(112-95(100)82-78-74-70-66-62-58-54-50-46-43-39-35-31-27-23-19-15-11-7-3)86-106-93(98)80-76-72-68-64-60-56-52-49-45-42-38-34-30-26-22-18-14-10-6-2/h9-10,13-14,21-28,33-40,44-46,48-50,53,55-60,62,65,67,69-71,74,89-91,96H,5-8,11-12,15-20,29-32,41-43,47,51-52,54,61,63-64,66,68,72-73,75-88H2,1-4H3,(H,101,102)(H,103,104)/b13-9-,14-10-,25-21-,26-22-,27-23-,28-24-,37-33-,38-34-,39-35-,40-36-,48-44-,49-45-,50-46-,57-53-,59-55-,60-56-,62-58-,69-65-,71-67-,74-70-/t89-,90-,91-/m1/s1. The molecule has 0 aromatic heterocycles. The summed E-state index contributed by atoms with van der Waals surface area (Å²) in [5, 5.41) is 10.7. The maximum atomic E-state index is 13.1. The summed E-state index contributed by atoms with van der Waals surface area (Å²) in [5.41, 5.74) is 0. The lowest BCUT2D eigenvalue weighted by Crippen LogP contribution is -2.30. The first-order valence-electron chi connectivity index (χ1n) is 42.3. The highest BCUT2D eigenvalue weighted by atomic mass is 31.2. The van der Waals surface area contributed by atoms with Gasteiger partial charge in [-0.2, -0.15) is 0 Å². The number of carbonyl (C=O) groups is 4. The fourth-order valence-corrected chi connectivity index (χ4v) is 11.5. The quantitative estimate of drug-likeness (QED) is 0.0169. The molecule has 0 heterocycles. The Kier molecular flexibility index (Phi) is 78.5. The molecule has 17 nitrogen and oxygen atoms in total. The Balaban J connectivity index is 5.64. The number of ether oxygens (including phenoxy) is 4. The van der Waals surface area contributed by atoms with Crippen LogP contribution < -0.4 is 0 Å². The number of phosphoric ester groups is 2. The first-order valence-corrected chi connectivity index (χ1v) is 45.3. The van der Waals surface area contributed by atoms with Gasteiger partial charge < -0.3 is 33.8 Å². The predicted octanol–water partition coefficient (Wildman–Crippen LogP) is 25.6. The number of carbonyl (C=O) groups excluding carboxylic acids is 4.